The molecule has 2 aromatic carbocycles. The van der Waals surface area contributed by atoms with Gasteiger partial charge in [0.05, 0.1) is 4.90 Å². The van der Waals surface area contributed by atoms with Gasteiger partial charge in [-0.05, 0) is 56.0 Å². The Morgan fingerprint density at radius 3 is 2.23 bits per heavy atom. The van der Waals surface area contributed by atoms with Gasteiger partial charge in [-0.2, -0.15) is 4.72 Å². The third-order valence-electron chi connectivity index (χ3n) is 3.94. The number of aryl methyl sites for hydroxylation is 2. The van der Waals surface area contributed by atoms with Crippen LogP contribution in [0.25, 0.3) is 0 Å². The zero-order valence-corrected chi connectivity index (χ0v) is 16.4. The number of amides is 1. The molecule has 1 amide bonds. The van der Waals surface area contributed by atoms with Crippen LogP contribution in [0, 0.1) is 19.8 Å². The van der Waals surface area contributed by atoms with Gasteiger partial charge >= 0.3 is 0 Å². The topological polar surface area (TPSA) is 75.3 Å². The molecule has 0 heterocycles. The van der Waals surface area contributed by atoms with Crippen molar-refractivity contribution in [2.45, 2.75) is 45.1 Å². The minimum Gasteiger partial charge on any atom is -0.325 e. The van der Waals surface area contributed by atoms with Crippen LogP contribution in [0.5, 0.6) is 0 Å². The van der Waals surface area contributed by atoms with Gasteiger partial charge in [0.15, 0.2) is 0 Å². The summed E-state index contributed by atoms with van der Waals surface area (Å²) in [4.78, 5) is 12.8. The van der Waals surface area contributed by atoms with Crippen LogP contribution in [0.1, 0.15) is 31.4 Å². The number of anilines is 1. The second kappa shape index (κ2) is 8.47. The Morgan fingerprint density at radius 2 is 1.65 bits per heavy atom. The molecule has 0 radical (unpaired) electrons. The van der Waals surface area contributed by atoms with Crippen LogP contribution in [0.3, 0.4) is 0 Å². The van der Waals surface area contributed by atoms with Gasteiger partial charge in [-0.25, -0.2) is 8.42 Å². The Bertz CT molecular complexity index is 859. The minimum atomic E-state index is -3.78. The molecule has 2 N–H and O–H groups in total. The van der Waals surface area contributed by atoms with Gasteiger partial charge in [0.25, 0.3) is 0 Å². The molecule has 1 atom stereocenters. The minimum absolute atomic E-state index is 0.153. The highest BCUT2D eigenvalue weighted by Crippen LogP contribution is 2.16. The first-order valence-electron chi connectivity index (χ1n) is 8.64. The molecule has 0 aliphatic rings. The standard InChI is InChI=1S/C20H26N2O3S/c1-14(2)12-19(20(23)21-17-7-5-6-16(4)13-17)22-26(24,25)18-10-8-15(3)9-11-18/h5-11,13-14,19,22H,12H2,1-4H3,(H,21,23)/t19-/m0/s1. The molecule has 0 saturated heterocycles. The molecular formula is C20H26N2O3S. The van der Waals surface area contributed by atoms with Crippen LogP contribution in [-0.4, -0.2) is 20.4 Å². The first-order valence-corrected chi connectivity index (χ1v) is 10.1. The number of carbonyl (C=O) groups is 1. The zero-order valence-electron chi connectivity index (χ0n) is 15.6. The summed E-state index contributed by atoms with van der Waals surface area (Å²) in [6.07, 6.45) is 0.405. The van der Waals surface area contributed by atoms with Crippen molar-refractivity contribution in [1.29, 1.82) is 0 Å². The molecule has 0 bridgehead atoms. The van der Waals surface area contributed by atoms with Gasteiger partial charge in [-0.1, -0.05) is 43.7 Å². The SMILES string of the molecule is Cc1ccc(S(=O)(=O)N[C@@H](CC(C)C)C(=O)Nc2cccc(C)c2)cc1. The van der Waals surface area contributed by atoms with Crippen molar-refractivity contribution in [2.75, 3.05) is 5.32 Å². The smallest absolute Gasteiger partial charge is 0.242 e. The molecule has 2 rings (SSSR count). The number of hydrogen-bond acceptors (Lipinski definition) is 3. The van der Waals surface area contributed by atoms with E-state index in [1.165, 1.54) is 0 Å². The lowest BCUT2D eigenvalue weighted by Crippen LogP contribution is -2.44. The Kier molecular flexibility index (Phi) is 6.56. The van der Waals surface area contributed by atoms with E-state index in [2.05, 4.69) is 10.0 Å². The van der Waals surface area contributed by atoms with Crippen molar-refractivity contribution >= 4 is 21.6 Å². The summed E-state index contributed by atoms with van der Waals surface area (Å²) in [7, 11) is -3.78. The summed E-state index contributed by atoms with van der Waals surface area (Å²) in [5.74, 6) is -0.205. The van der Waals surface area contributed by atoms with Gasteiger partial charge in [-0.15, -0.1) is 0 Å². The van der Waals surface area contributed by atoms with Crippen molar-refractivity contribution in [1.82, 2.24) is 4.72 Å². The fourth-order valence-electron chi connectivity index (χ4n) is 2.61. The van der Waals surface area contributed by atoms with Crippen LogP contribution in [0.4, 0.5) is 5.69 Å². The predicted molar refractivity (Wildman–Crippen MR) is 105 cm³/mol. The molecule has 0 aliphatic carbocycles. The Labute approximate surface area is 155 Å². The van der Waals surface area contributed by atoms with Gasteiger partial charge in [-0.3, -0.25) is 4.79 Å². The van der Waals surface area contributed by atoms with E-state index in [0.29, 0.717) is 12.1 Å². The predicted octanol–water partition coefficient (Wildman–Crippen LogP) is 3.64. The molecule has 0 aromatic heterocycles. The van der Waals surface area contributed by atoms with Crippen molar-refractivity contribution in [3.05, 3.63) is 59.7 Å². The van der Waals surface area contributed by atoms with Crippen molar-refractivity contribution in [2.24, 2.45) is 5.92 Å². The highest BCUT2D eigenvalue weighted by molar-refractivity contribution is 7.89. The van der Waals surface area contributed by atoms with Crippen molar-refractivity contribution < 1.29 is 13.2 Å². The molecule has 5 nitrogen and oxygen atoms in total. The quantitative estimate of drug-likeness (QED) is 0.777. The normalized spacial score (nSPS) is 12.8. The van der Waals surface area contributed by atoms with E-state index in [-0.39, 0.29) is 16.7 Å². The van der Waals surface area contributed by atoms with Crippen LogP contribution in [0.15, 0.2) is 53.4 Å². The third-order valence-corrected chi connectivity index (χ3v) is 5.43. The largest absolute Gasteiger partial charge is 0.325 e. The maximum absolute atomic E-state index is 12.7. The Morgan fingerprint density at radius 1 is 1.00 bits per heavy atom. The van der Waals surface area contributed by atoms with E-state index >= 15 is 0 Å². The van der Waals surface area contributed by atoms with Gasteiger partial charge < -0.3 is 5.32 Å². The highest BCUT2D eigenvalue weighted by Gasteiger charge is 2.26. The van der Waals surface area contributed by atoms with E-state index in [1.54, 1.807) is 30.3 Å². The molecule has 0 fully saturated rings. The number of rotatable bonds is 7. The average molecular weight is 375 g/mol. The number of hydrogen-bond donors (Lipinski definition) is 2. The van der Waals surface area contributed by atoms with Gasteiger partial charge in [0.1, 0.15) is 6.04 Å². The second-order valence-corrected chi connectivity index (χ2v) is 8.69. The van der Waals surface area contributed by atoms with Crippen LogP contribution in [0.2, 0.25) is 0 Å². The third kappa shape index (κ3) is 5.68. The van der Waals surface area contributed by atoms with Crippen LogP contribution < -0.4 is 10.0 Å². The number of carbonyl (C=O) groups excluding carboxylic acids is 1. The second-order valence-electron chi connectivity index (χ2n) is 6.98. The highest BCUT2D eigenvalue weighted by atomic mass is 32.2. The Hall–Kier alpha value is -2.18. The molecule has 0 aliphatic heterocycles. The van der Waals surface area contributed by atoms with Gasteiger partial charge in [0.2, 0.25) is 15.9 Å². The molecule has 2 aromatic rings. The zero-order chi connectivity index (χ0) is 19.3. The molecule has 6 heteroatoms. The van der Waals surface area contributed by atoms with Gasteiger partial charge in [0, 0.05) is 5.69 Å². The lowest BCUT2D eigenvalue weighted by Gasteiger charge is -2.20. The lowest BCUT2D eigenvalue weighted by atomic mass is 10.0. The summed E-state index contributed by atoms with van der Waals surface area (Å²) in [5.41, 5.74) is 2.64. The lowest BCUT2D eigenvalue weighted by molar-refractivity contribution is -0.118. The summed E-state index contributed by atoms with van der Waals surface area (Å²) < 4.78 is 27.9. The van der Waals surface area contributed by atoms with Crippen molar-refractivity contribution in [3.8, 4) is 0 Å². The van der Waals surface area contributed by atoms with Crippen LogP contribution >= 0.6 is 0 Å². The maximum Gasteiger partial charge on any atom is 0.242 e. The fraction of sp³-hybridized carbons (Fsp3) is 0.350. The number of nitrogens with one attached hydrogen (secondary N) is 2. The number of benzene rings is 2. The molecular weight excluding hydrogens is 348 g/mol. The monoisotopic (exact) mass is 374 g/mol. The number of sulfonamides is 1. The van der Waals surface area contributed by atoms with E-state index < -0.39 is 16.1 Å². The summed E-state index contributed by atoms with van der Waals surface area (Å²) in [6, 6.07) is 13.1. The van der Waals surface area contributed by atoms with Crippen LogP contribution in [-0.2, 0) is 14.8 Å². The summed E-state index contributed by atoms with van der Waals surface area (Å²) >= 11 is 0. The summed E-state index contributed by atoms with van der Waals surface area (Å²) in [6.45, 7) is 7.72. The molecule has 140 valence electrons. The van der Waals surface area contributed by atoms with E-state index in [4.69, 9.17) is 0 Å². The molecule has 0 unspecified atom stereocenters. The maximum atomic E-state index is 12.7. The van der Waals surface area contributed by atoms with Crippen molar-refractivity contribution in [3.63, 3.8) is 0 Å². The molecule has 0 saturated carbocycles. The van der Waals surface area contributed by atoms with E-state index in [1.807, 2.05) is 45.9 Å². The fourth-order valence-corrected chi connectivity index (χ4v) is 3.81. The Balaban J connectivity index is 2.20. The average Bonchev–Trinajstić information content (AvgIpc) is 2.54. The molecule has 0 spiro atoms. The molecule has 26 heavy (non-hydrogen) atoms. The summed E-state index contributed by atoms with van der Waals surface area (Å²) in [5, 5.41) is 2.81. The van der Waals surface area contributed by atoms with E-state index in [0.717, 1.165) is 11.1 Å². The first kappa shape index (κ1) is 20.1. The van der Waals surface area contributed by atoms with E-state index in [9.17, 15) is 13.2 Å². The first-order chi connectivity index (χ1) is 12.2.